The third-order valence-electron chi connectivity index (χ3n) is 3.27. The molecule has 3 nitrogen and oxygen atoms in total. The molecule has 0 aromatic carbocycles. The number of nitrogens with one attached hydrogen (secondary N) is 2. The lowest BCUT2D eigenvalue weighted by atomic mass is 9.88. The van der Waals surface area contributed by atoms with Gasteiger partial charge in [-0.2, -0.15) is 0 Å². The lowest BCUT2D eigenvalue weighted by Gasteiger charge is -2.36. The molecule has 0 atom stereocenters. The quantitative estimate of drug-likeness (QED) is 0.582. The van der Waals surface area contributed by atoms with Crippen molar-refractivity contribution in [2.24, 2.45) is 0 Å². The SMILES string of the molecule is O=C1NCCNC12CCCCCC2. The number of rotatable bonds is 0. The van der Waals surface area contributed by atoms with Crippen LogP contribution in [0.2, 0.25) is 0 Å². The summed E-state index contributed by atoms with van der Waals surface area (Å²) in [5.74, 6) is 0.237. The van der Waals surface area contributed by atoms with Gasteiger partial charge in [0.2, 0.25) is 5.91 Å². The van der Waals surface area contributed by atoms with Gasteiger partial charge in [-0.3, -0.25) is 4.79 Å². The first-order chi connectivity index (χ1) is 6.33. The third kappa shape index (κ3) is 1.70. The Hall–Kier alpha value is -0.570. The minimum Gasteiger partial charge on any atom is -0.353 e. The van der Waals surface area contributed by atoms with E-state index in [1.807, 2.05) is 0 Å². The Labute approximate surface area is 79.3 Å². The van der Waals surface area contributed by atoms with Crippen molar-refractivity contribution in [2.75, 3.05) is 13.1 Å². The van der Waals surface area contributed by atoms with Crippen molar-refractivity contribution in [1.82, 2.24) is 10.6 Å². The summed E-state index contributed by atoms with van der Waals surface area (Å²) in [6, 6.07) is 0. The van der Waals surface area contributed by atoms with E-state index in [1.54, 1.807) is 0 Å². The second-order valence-electron chi connectivity index (χ2n) is 4.18. The highest BCUT2D eigenvalue weighted by atomic mass is 16.2. The van der Waals surface area contributed by atoms with Crippen molar-refractivity contribution in [3.05, 3.63) is 0 Å². The lowest BCUT2D eigenvalue weighted by Crippen LogP contribution is -2.62. The van der Waals surface area contributed by atoms with Crippen LogP contribution < -0.4 is 10.6 Å². The van der Waals surface area contributed by atoms with Crippen molar-refractivity contribution < 1.29 is 4.79 Å². The predicted molar refractivity (Wildman–Crippen MR) is 51.4 cm³/mol. The van der Waals surface area contributed by atoms with Crippen LogP contribution in [-0.2, 0) is 4.79 Å². The topological polar surface area (TPSA) is 41.1 Å². The van der Waals surface area contributed by atoms with Crippen LogP contribution in [0.5, 0.6) is 0 Å². The number of carbonyl (C=O) groups is 1. The van der Waals surface area contributed by atoms with E-state index in [-0.39, 0.29) is 11.4 Å². The summed E-state index contributed by atoms with van der Waals surface area (Å²) in [5, 5.41) is 6.38. The van der Waals surface area contributed by atoms with E-state index in [2.05, 4.69) is 10.6 Å². The van der Waals surface area contributed by atoms with Crippen LogP contribution in [0.1, 0.15) is 38.5 Å². The highest BCUT2D eigenvalue weighted by Crippen LogP contribution is 2.28. The van der Waals surface area contributed by atoms with E-state index >= 15 is 0 Å². The van der Waals surface area contributed by atoms with E-state index in [0.29, 0.717) is 0 Å². The Morgan fingerprint density at radius 3 is 2.31 bits per heavy atom. The van der Waals surface area contributed by atoms with Gasteiger partial charge in [-0.15, -0.1) is 0 Å². The first-order valence-corrected chi connectivity index (χ1v) is 5.37. The Morgan fingerprint density at radius 1 is 1.00 bits per heavy atom. The summed E-state index contributed by atoms with van der Waals surface area (Å²) in [7, 11) is 0. The van der Waals surface area contributed by atoms with Crippen LogP contribution in [-0.4, -0.2) is 24.5 Å². The van der Waals surface area contributed by atoms with E-state index < -0.39 is 0 Å². The summed E-state index contributed by atoms with van der Waals surface area (Å²) in [6.45, 7) is 1.73. The maximum atomic E-state index is 11.8. The van der Waals surface area contributed by atoms with Crippen molar-refractivity contribution in [1.29, 1.82) is 0 Å². The number of piperazine rings is 1. The molecule has 0 bridgehead atoms. The molecule has 1 saturated heterocycles. The summed E-state index contributed by atoms with van der Waals surface area (Å²) in [4.78, 5) is 11.8. The molecule has 3 heteroatoms. The fourth-order valence-corrected chi connectivity index (χ4v) is 2.46. The van der Waals surface area contributed by atoms with E-state index in [1.165, 1.54) is 25.7 Å². The highest BCUT2D eigenvalue weighted by molar-refractivity contribution is 5.87. The van der Waals surface area contributed by atoms with Gasteiger partial charge in [0, 0.05) is 13.1 Å². The van der Waals surface area contributed by atoms with Gasteiger partial charge in [0.05, 0.1) is 5.54 Å². The van der Waals surface area contributed by atoms with Gasteiger partial charge >= 0.3 is 0 Å². The Bertz CT molecular complexity index is 195. The van der Waals surface area contributed by atoms with Gasteiger partial charge in [0.15, 0.2) is 0 Å². The molecule has 1 amide bonds. The van der Waals surface area contributed by atoms with Crippen molar-refractivity contribution in [2.45, 2.75) is 44.1 Å². The molecule has 1 aliphatic heterocycles. The number of hydrogen-bond donors (Lipinski definition) is 2. The summed E-state index contributed by atoms with van der Waals surface area (Å²) < 4.78 is 0. The van der Waals surface area contributed by atoms with E-state index in [9.17, 15) is 4.79 Å². The minimum atomic E-state index is -0.200. The number of amides is 1. The van der Waals surface area contributed by atoms with Crippen LogP contribution in [0, 0.1) is 0 Å². The maximum Gasteiger partial charge on any atom is 0.240 e. The van der Waals surface area contributed by atoms with Crippen molar-refractivity contribution in [3.8, 4) is 0 Å². The minimum absolute atomic E-state index is 0.200. The van der Waals surface area contributed by atoms with Crippen LogP contribution in [0.3, 0.4) is 0 Å². The first kappa shape index (κ1) is 9.00. The van der Waals surface area contributed by atoms with E-state index in [4.69, 9.17) is 0 Å². The maximum absolute atomic E-state index is 11.8. The molecule has 1 spiro atoms. The zero-order chi connectivity index (χ0) is 9.15. The first-order valence-electron chi connectivity index (χ1n) is 5.37. The Balaban J connectivity index is 2.09. The average molecular weight is 182 g/mol. The molecule has 2 N–H and O–H groups in total. The molecular weight excluding hydrogens is 164 g/mol. The second-order valence-corrected chi connectivity index (χ2v) is 4.18. The van der Waals surface area contributed by atoms with Gasteiger partial charge in [-0.05, 0) is 12.8 Å². The van der Waals surface area contributed by atoms with Gasteiger partial charge in [0.1, 0.15) is 0 Å². The predicted octanol–water partition coefficient (Wildman–Crippen LogP) is 0.799. The number of hydrogen-bond acceptors (Lipinski definition) is 2. The fourth-order valence-electron chi connectivity index (χ4n) is 2.46. The van der Waals surface area contributed by atoms with Gasteiger partial charge in [-0.25, -0.2) is 0 Å². The number of carbonyl (C=O) groups excluding carboxylic acids is 1. The molecule has 2 aliphatic rings. The molecule has 1 aliphatic carbocycles. The van der Waals surface area contributed by atoms with Crippen LogP contribution in [0.15, 0.2) is 0 Å². The lowest BCUT2D eigenvalue weighted by molar-refractivity contribution is -0.129. The van der Waals surface area contributed by atoms with Crippen LogP contribution in [0.4, 0.5) is 0 Å². The van der Waals surface area contributed by atoms with Gasteiger partial charge in [0.25, 0.3) is 0 Å². The van der Waals surface area contributed by atoms with Crippen molar-refractivity contribution >= 4 is 5.91 Å². The second kappa shape index (κ2) is 3.66. The summed E-state index contributed by atoms with van der Waals surface area (Å²) in [5.41, 5.74) is -0.200. The third-order valence-corrected chi connectivity index (χ3v) is 3.27. The Kier molecular flexibility index (Phi) is 2.54. The zero-order valence-electron chi connectivity index (χ0n) is 8.07. The molecule has 0 radical (unpaired) electrons. The largest absolute Gasteiger partial charge is 0.353 e. The molecule has 2 rings (SSSR count). The Morgan fingerprint density at radius 2 is 1.69 bits per heavy atom. The van der Waals surface area contributed by atoms with Gasteiger partial charge < -0.3 is 10.6 Å². The highest BCUT2D eigenvalue weighted by Gasteiger charge is 2.39. The standard InChI is InChI=1S/C10H18N2O/c13-9-10(12-8-7-11-9)5-3-1-2-4-6-10/h12H,1-8H2,(H,11,13). The summed E-state index contributed by atoms with van der Waals surface area (Å²) >= 11 is 0. The molecule has 74 valence electrons. The molecule has 0 aromatic rings. The summed E-state index contributed by atoms with van der Waals surface area (Å²) in [6.07, 6.45) is 7.02. The average Bonchev–Trinajstić information content (AvgIpc) is 2.37. The van der Waals surface area contributed by atoms with E-state index in [0.717, 1.165) is 25.9 Å². The molecule has 0 aromatic heterocycles. The molecule has 1 saturated carbocycles. The molecule has 1 heterocycles. The smallest absolute Gasteiger partial charge is 0.240 e. The molecule has 2 fully saturated rings. The molecule has 0 unspecified atom stereocenters. The van der Waals surface area contributed by atoms with Crippen LogP contribution in [0.25, 0.3) is 0 Å². The van der Waals surface area contributed by atoms with Gasteiger partial charge in [-0.1, -0.05) is 25.7 Å². The molecular formula is C10H18N2O. The fraction of sp³-hybridized carbons (Fsp3) is 0.900. The molecule has 13 heavy (non-hydrogen) atoms. The van der Waals surface area contributed by atoms with Crippen LogP contribution >= 0.6 is 0 Å². The van der Waals surface area contributed by atoms with Crippen molar-refractivity contribution in [3.63, 3.8) is 0 Å². The monoisotopic (exact) mass is 182 g/mol. The zero-order valence-corrected chi connectivity index (χ0v) is 8.07. The normalized spacial score (nSPS) is 28.2.